The molecule has 2 N–H and O–H groups in total. The van der Waals surface area contributed by atoms with E-state index in [1.54, 1.807) is 11.3 Å². The van der Waals surface area contributed by atoms with Gasteiger partial charge in [-0.2, -0.15) is 0 Å². The largest absolute Gasteiger partial charge is 0.391 e. The van der Waals surface area contributed by atoms with E-state index in [0.29, 0.717) is 0 Å². The SMILES string of the molecule is Nc1ccc(-c2cccc3cnccc23)s1. The van der Waals surface area contributed by atoms with Crippen molar-refractivity contribution in [3.8, 4) is 10.4 Å². The Hall–Kier alpha value is -1.87. The van der Waals surface area contributed by atoms with E-state index >= 15 is 0 Å². The molecule has 0 bridgehead atoms. The maximum Gasteiger partial charge on any atom is 0.0862 e. The second kappa shape index (κ2) is 3.61. The lowest BCUT2D eigenvalue weighted by Gasteiger charge is -2.03. The summed E-state index contributed by atoms with van der Waals surface area (Å²) in [5.41, 5.74) is 6.99. The van der Waals surface area contributed by atoms with E-state index in [1.165, 1.54) is 15.8 Å². The van der Waals surface area contributed by atoms with Crippen LogP contribution in [0.1, 0.15) is 0 Å². The predicted molar refractivity (Wildman–Crippen MR) is 69.5 cm³/mol. The van der Waals surface area contributed by atoms with Gasteiger partial charge < -0.3 is 5.73 Å². The van der Waals surface area contributed by atoms with E-state index < -0.39 is 0 Å². The lowest BCUT2D eigenvalue weighted by molar-refractivity contribution is 1.36. The summed E-state index contributed by atoms with van der Waals surface area (Å²) in [5.74, 6) is 0. The minimum atomic E-state index is 0.848. The Morgan fingerprint density at radius 1 is 1.06 bits per heavy atom. The molecular weight excluding hydrogens is 216 g/mol. The third-order valence-electron chi connectivity index (χ3n) is 2.57. The maximum atomic E-state index is 5.77. The molecule has 0 aliphatic heterocycles. The molecule has 2 nitrogen and oxygen atoms in total. The van der Waals surface area contributed by atoms with Crippen molar-refractivity contribution in [3.05, 3.63) is 48.8 Å². The lowest BCUT2D eigenvalue weighted by Crippen LogP contribution is -1.79. The number of nitrogens with zero attached hydrogens (tertiary/aromatic N) is 1. The number of benzene rings is 1. The van der Waals surface area contributed by atoms with Gasteiger partial charge in [0.1, 0.15) is 0 Å². The van der Waals surface area contributed by atoms with Crippen molar-refractivity contribution in [2.24, 2.45) is 0 Å². The van der Waals surface area contributed by atoms with Crippen LogP contribution in [0.2, 0.25) is 0 Å². The number of rotatable bonds is 1. The molecule has 0 fully saturated rings. The van der Waals surface area contributed by atoms with Gasteiger partial charge in [0.15, 0.2) is 0 Å². The fraction of sp³-hybridized carbons (Fsp3) is 0. The van der Waals surface area contributed by atoms with Gasteiger partial charge in [0.25, 0.3) is 0 Å². The van der Waals surface area contributed by atoms with Gasteiger partial charge in [-0.15, -0.1) is 11.3 Å². The molecule has 0 saturated carbocycles. The summed E-state index contributed by atoms with van der Waals surface area (Å²) in [5, 5.41) is 3.23. The standard InChI is InChI=1S/C13H10N2S/c14-13-5-4-12(16-13)11-3-1-2-9-8-15-7-6-10(9)11/h1-8H,14H2. The van der Waals surface area contributed by atoms with Crippen molar-refractivity contribution in [2.75, 3.05) is 5.73 Å². The van der Waals surface area contributed by atoms with Crippen LogP contribution in [-0.2, 0) is 0 Å². The highest BCUT2D eigenvalue weighted by atomic mass is 32.1. The summed E-state index contributed by atoms with van der Waals surface area (Å²) in [7, 11) is 0. The number of fused-ring (bicyclic) bond motifs is 1. The second-order valence-electron chi connectivity index (χ2n) is 3.60. The normalized spacial score (nSPS) is 10.8. The van der Waals surface area contributed by atoms with Crippen LogP contribution in [0.25, 0.3) is 21.2 Å². The molecule has 0 saturated heterocycles. The summed E-state index contributed by atoms with van der Waals surface area (Å²) < 4.78 is 0. The Bertz CT molecular complexity index is 638. The molecule has 16 heavy (non-hydrogen) atoms. The van der Waals surface area contributed by atoms with E-state index in [-0.39, 0.29) is 0 Å². The van der Waals surface area contributed by atoms with Crippen LogP contribution in [-0.4, -0.2) is 4.98 Å². The van der Waals surface area contributed by atoms with Gasteiger partial charge in [-0.25, -0.2) is 0 Å². The van der Waals surface area contributed by atoms with E-state index in [2.05, 4.69) is 29.2 Å². The van der Waals surface area contributed by atoms with Gasteiger partial charge in [-0.05, 0) is 29.1 Å². The summed E-state index contributed by atoms with van der Waals surface area (Å²) in [6, 6.07) is 12.3. The van der Waals surface area contributed by atoms with Crippen LogP contribution in [0.15, 0.2) is 48.8 Å². The summed E-state index contributed by atoms with van der Waals surface area (Å²) >= 11 is 1.61. The molecule has 2 heterocycles. The first-order valence-electron chi connectivity index (χ1n) is 5.03. The van der Waals surface area contributed by atoms with E-state index in [4.69, 9.17) is 5.73 Å². The smallest absolute Gasteiger partial charge is 0.0862 e. The maximum absolute atomic E-state index is 5.77. The van der Waals surface area contributed by atoms with Gasteiger partial charge in [0.05, 0.1) is 5.00 Å². The number of anilines is 1. The number of aromatic nitrogens is 1. The molecule has 78 valence electrons. The van der Waals surface area contributed by atoms with Gasteiger partial charge in [-0.3, -0.25) is 4.98 Å². The fourth-order valence-corrected chi connectivity index (χ4v) is 2.65. The van der Waals surface area contributed by atoms with E-state index in [1.807, 2.05) is 24.5 Å². The number of hydrogen-bond donors (Lipinski definition) is 1. The molecule has 0 atom stereocenters. The Labute approximate surface area is 97.4 Å². The number of nitrogen functional groups attached to an aromatic ring is 1. The molecule has 0 unspecified atom stereocenters. The molecule has 3 heteroatoms. The van der Waals surface area contributed by atoms with Crippen molar-refractivity contribution in [3.63, 3.8) is 0 Å². The molecule has 2 aromatic heterocycles. The first kappa shape index (κ1) is 9.36. The summed E-state index contributed by atoms with van der Waals surface area (Å²) in [6.07, 6.45) is 3.71. The molecule has 0 amide bonds. The van der Waals surface area contributed by atoms with Crippen molar-refractivity contribution in [2.45, 2.75) is 0 Å². The highest BCUT2D eigenvalue weighted by molar-refractivity contribution is 7.19. The fourth-order valence-electron chi connectivity index (χ4n) is 1.83. The third kappa shape index (κ3) is 1.46. The van der Waals surface area contributed by atoms with Gasteiger partial charge in [0.2, 0.25) is 0 Å². The minimum Gasteiger partial charge on any atom is -0.391 e. The summed E-state index contributed by atoms with van der Waals surface area (Å²) in [6.45, 7) is 0. The zero-order valence-corrected chi connectivity index (χ0v) is 9.37. The monoisotopic (exact) mass is 226 g/mol. The molecular formula is C13H10N2S. The van der Waals surface area contributed by atoms with Crippen LogP contribution in [0.5, 0.6) is 0 Å². The Morgan fingerprint density at radius 3 is 2.81 bits per heavy atom. The van der Waals surface area contributed by atoms with E-state index in [0.717, 1.165) is 10.4 Å². The van der Waals surface area contributed by atoms with Crippen LogP contribution in [0.4, 0.5) is 5.00 Å². The average Bonchev–Trinajstić information content (AvgIpc) is 2.75. The highest BCUT2D eigenvalue weighted by Crippen LogP contribution is 2.34. The molecule has 3 aromatic rings. The van der Waals surface area contributed by atoms with Crippen molar-refractivity contribution >= 4 is 27.1 Å². The number of pyridine rings is 1. The van der Waals surface area contributed by atoms with Crippen LogP contribution < -0.4 is 5.73 Å². The van der Waals surface area contributed by atoms with Crippen molar-refractivity contribution in [1.29, 1.82) is 0 Å². The van der Waals surface area contributed by atoms with E-state index in [9.17, 15) is 0 Å². The first-order chi connectivity index (χ1) is 7.84. The van der Waals surface area contributed by atoms with Gasteiger partial charge >= 0.3 is 0 Å². The first-order valence-corrected chi connectivity index (χ1v) is 5.85. The molecule has 3 rings (SSSR count). The van der Waals surface area contributed by atoms with Crippen molar-refractivity contribution < 1.29 is 0 Å². The van der Waals surface area contributed by atoms with Crippen LogP contribution >= 0.6 is 11.3 Å². The summed E-state index contributed by atoms with van der Waals surface area (Å²) in [4.78, 5) is 5.33. The Balaban J connectivity index is 2.31. The average molecular weight is 226 g/mol. The minimum absolute atomic E-state index is 0.848. The molecule has 0 aliphatic rings. The zero-order valence-electron chi connectivity index (χ0n) is 8.55. The quantitative estimate of drug-likeness (QED) is 0.689. The van der Waals surface area contributed by atoms with Crippen molar-refractivity contribution in [1.82, 2.24) is 4.98 Å². The second-order valence-corrected chi connectivity index (χ2v) is 4.72. The molecule has 0 aliphatic carbocycles. The Morgan fingerprint density at radius 2 is 2.00 bits per heavy atom. The lowest BCUT2D eigenvalue weighted by atomic mass is 10.1. The molecule has 1 aromatic carbocycles. The molecule has 0 radical (unpaired) electrons. The molecule has 0 spiro atoms. The topological polar surface area (TPSA) is 38.9 Å². The highest BCUT2D eigenvalue weighted by Gasteiger charge is 2.05. The third-order valence-corrected chi connectivity index (χ3v) is 3.52. The number of nitrogens with two attached hydrogens (primary N) is 1. The zero-order chi connectivity index (χ0) is 11.0. The van der Waals surface area contributed by atoms with Crippen LogP contribution in [0.3, 0.4) is 0 Å². The number of thiophene rings is 1. The van der Waals surface area contributed by atoms with Gasteiger partial charge in [0, 0.05) is 22.7 Å². The Kier molecular flexibility index (Phi) is 2.11. The van der Waals surface area contributed by atoms with Gasteiger partial charge in [-0.1, -0.05) is 18.2 Å². The predicted octanol–water partition coefficient (Wildman–Crippen LogP) is 3.55. The van der Waals surface area contributed by atoms with Crippen LogP contribution in [0, 0.1) is 0 Å². The number of hydrogen-bond acceptors (Lipinski definition) is 3.